The molecule has 0 saturated heterocycles. The summed E-state index contributed by atoms with van der Waals surface area (Å²) in [6.45, 7) is 8.07. The molecule has 0 aliphatic heterocycles. The van der Waals surface area contributed by atoms with Crippen molar-refractivity contribution in [1.82, 2.24) is 9.47 Å². The summed E-state index contributed by atoms with van der Waals surface area (Å²) in [5.74, 6) is 0.310. The summed E-state index contributed by atoms with van der Waals surface area (Å²) >= 11 is 0. The topological polar surface area (TPSA) is 51.5 Å². The largest absolute Gasteiger partial charge is 0.496 e. The van der Waals surface area contributed by atoms with Gasteiger partial charge < -0.3 is 9.64 Å². The molecule has 0 aliphatic rings. The Kier molecular flexibility index (Phi) is 6.74. The second-order valence-electron chi connectivity index (χ2n) is 5.47. The Bertz CT molecular complexity index is 871. The Morgan fingerprint density at radius 2 is 1.77 bits per heavy atom. The maximum Gasteiger partial charge on any atom is 0.271 e. The molecule has 0 aliphatic carbocycles. The van der Waals surface area contributed by atoms with Crippen molar-refractivity contribution in [2.75, 3.05) is 20.2 Å². The number of hydrogen-bond donors (Lipinski definition) is 0. The zero-order valence-corrected chi connectivity index (χ0v) is 14.8. The van der Waals surface area contributed by atoms with Crippen molar-refractivity contribution in [2.24, 2.45) is 0 Å². The van der Waals surface area contributed by atoms with E-state index in [1.807, 2.05) is 18.2 Å². The highest BCUT2D eigenvalue weighted by atomic mass is 16.5. The summed E-state index contributed by atoms with van der Waals surface area (Å²) in [6.07, 6.45) is 6.50. The molecule has 2 rings (SSSR count). The Morgan fingerprint density at radius 3 is 2.38 bits per heavy atom. The summed E-state index contributed by atoms with van der Waals surface area (Å²) in [6, 6.07) is 12.1. The minimum Gasteiger partial charge on any atom is -0.496 e. The van der Waals surface area contributed by atoms with E-state index in [-0.39, 0.29) is 17.2 Å². The van der Waals surface area contributed by atoms with E-state index in [0.29, 0.717) is 24.4 Å². The number of pyridine rings is 1. The molecule has 0 spiro atoms. The van der Waals surface area contributed by atoms with Gasteiger partial charge in [-0.1, -0.05) is 36.4 Å². The van der Waals surface area contributed by atoms with E-state index < -0.39 is 0 Å². The van der Waals surface area contributed by atoms with Crippen molar-refractivity contribution in [1.29, 1.82) is 0 Å². The lowest BCUT2D eigenvalue weighted by Crippen LogP contribution is -2.35. The van der Waals surface area contributed by atoms with E-state index >= 15 is 0 Å². The average Bonchev–Trinajstić information content (AvgIpc) is 2.66. The minimum atomic E-state index is -0.302. The fourth-order valence-corrected chi connectivity index (χ4v) is 2.51. The number of nitrogens with zero attached hydrogens (tertiary/aromatic N) is 2. The van der Waals surface area contributed by atoms with Gasteiger partial charge in [-0.25, -0.2) is 0 Å². The highest BCUT2D eigenvalue weighted by Crippen LogP contribution is 2.22. The second-order valence-corrected chi connectivity index (χ2v) is 5.47. The third-order valence-electron chi connectivity index (χ3n) is 3.72. The summed E-state index contributed by atoms with van der Waals surface area (Å²) in [5, 5.41) is 0. The SMILES string of the molecule is C=CCN(CC=C)C(=O)C(=Cc1ccccc1OC)n1ccccc1=O. The molecular weight excluding hydrogens is 328 g/mol. The lowest BCUT2D eigenvalue weighted by Gasteiger charge is -2.22. The number of ether oxygens (including phenoxy) is 1. The van der Waals surface area contributed by atoms with Gasteiger partial charge in [-0.05, 0) is 18.2 Å². The Balaban J connectivity index is 2.63. The Morgan fingerprint density at radius 1 is 1.12 bits per heavy atom. The third-order valence-corrected chi connectivity index (χ3v) is 3.72. The van der Waals surface area contributed by atoms with Crippen molar-refractivity contribution in [3.63, 3.8) is 0 Å². The van der Waals surface area contributed by atoms with E-state index in [1.165, 1.54) is 10.6 Å². The van der Waals surface area contributed by atoms with Crippen LogP contribution in [-0.4, -0.2) is 35.6 Å². The Labute approximate surface area is 153 Å². The first-order valence-corrected chi connectivity index (χ1v) is 8.16. The standard InChI is InChI=1S/C21H22N2O3/c1-4-13-22(14-5-2)21(25)18(23-15-9-8-12-20(23)24)16-17-10-6-7-11-19(17)26-3/h4-12,15-16H,1-2,13-14H2,3H3. The van der Waals surface area contributed by atoms with E-state index in [9.17, 15) is 9.59 Å². The first-order chi connectivity index (χ1) is 12.6. The molecule has 0 radical (unpaired) electrons. The van der Waals surface area contributed by atoms with Crippen LogP contribution in [0.4, 0.5) is 0 Å². The third kappa shape index (κ3) is 4.39. The molecule has 2 aromatic rings. The number of carbonyl (C=O) groups is 1. The van der Waals surface area contributed by atoms with Gasteiger partial charge >= 0.3 is 0 Å². The fraction of sp³-hybridized carbons (Fsp3) is 0.143. The number of methoxy groups -OCH3 is 1. The smallest absolute Gasteiger partial charge is 0.271 e. The Hall–Kier alpha value is -3.34. The van der Waals surface area contributed by atoms with Crippen LogP contribution in [0.1, 0.15) is 5.56 Å². The number of benzene rings is 1. The molecule has 1 aromatic heterocycles. The predicted molar refractivity (Wildman–Crippen MR) is 105 cm³/mol. The van der Waals surface area contributed by atoms with Crippen LogP contribution >= 0.6 is 0 Å². The van der Waals surface area contributed by atoms with Gasteiger partial charge in [-0.15, -0.1) is 13.2 Å². The quantitative estimate of drug-likeness (QED) is 0.543. The van der Waals surface area contributed by atoms with Crippen LogP contribution in [0.5, 0.6) is 5.75 Å². The maximum atomic E-state index is 13.1. The van der Waals surface area contributed by atoms with E-state index in [0.717, 1.165) is 0 Å². The second kappa shape index (κ2) is 9.22. The highest BCUT2D eigenvalue weighted by molar-refractivity contribution is 6.18. The lowest BCUT2D eigenvalue weighted by atomic mass is 10.1. The number of amides is 1. The molecule has 0 fully saturated rings. The molecule has 5 heteroatoms. The number of para-hydroxylation sites is 1. The molecule has 1 amide bonds. The molecule has 5 nitrogen and oxygen atoms in total. The summed E-state index contributed by atoms with van der Waals surface area (Å²) in [4.78, 5) is 27.0. The van der Waals surface area contributed by atoms with Crippen LogP contribution in [0.15, 0.2) is 78.8 Å². The zero-order chi connectivity index (χ0) is 18.9. The molecule has 1 aromatic carbocycles. The van der Waals surface area contributed by atoms with Gasteiger partial charge in [-0.3, -0.25) is 14.2 Å². The van der Waals surface area contributed by atoms with Crippen LogP contribution in [0.2, 0.25) is 0 Å². The van der Waals surface area contributed by atoms with Gasteiger partial charge in [0, 0.05) is 30.9 Å². The molecule has 26 heavy (non-hydrogen) atoms. The number of carbonyl (C=O) groups excluding carboxylic acids is 1. The van der Waals surface area contributed by atoms with Crippen molar-refractivity contribution < 1.29 is 9.53 Å². The first-order valence-electron chi connectivity index (χ1n) is 8.16. The van der Waals surface area contributed by atoms with Crippen LogP contribution < -0.4 is 10.3 Å². The van der Waals surface area contributed by atoms with Crippen molar-refractivity contribution >= 4 is 17.7 Å². The number of aromatic nitrogens is 1. The van der Waals surface area contributed by atoms with E-state index in [4.69, 9.17) is 4.74 Å². The number of hydrogen-bond acceptors (Lipinski definition) is 3. The molecule has 0 saturated carbocycles. The lowest BCUT2D eigenvalue weighted by molar-refractivity contribution is -0.124. The van der Waals surface area contributed by atoms with Gasteiger partial charge in [0.15, 0.2) is 0 Å². The summed E-state index contributed by atoms with van der Waals surface area (Å²) in [5.41, 5.74) is 0.634. The van der Waals surface area contributed by atoms with Gasteiger partial charge in [0.1, 0.15) is 11.4 Å². The first kappa shape index (κ1) is 19.0. The minimum absolute atomic E-state index is 0.226. The van der Waals surface area contributed by atoms with Crippen LogP contribution in [0.25, 0.3) is 11.8 Å². The zero-order valence-electron chi connectivity index (χ0n) is 14.8. The summed E-state index contributed by atoms with van der Waals surface area (Å²) < 4.78 is 6.69. The molecule has 0 N–H and O–H groups in total. The monoisotopic (exact) mass is 350 g/mol. The van der Waals surface area contributed by atoms with Crippen LogP contribution in [0, 0.1) is 0 Å². The van der Waals surface area contributed by atoms with Gasteiger partial charge in [-0.2, -0.15) is 0 Å². The molecule has 0 bridgehead atoms. The van der Waals surface area contributed by atoms with Crippen LogP contribution in [-0.2, 0) is 4.79 Å². The predicted octanol–water partition coefficient (Wildman–Crippen LogP) is 3.06. The van der Waals surface area contributed by atoms with E-state index in [1.54, 1.807) is 54.6 Å². The molecular formula is C21H22N2O3. The molecule has 134 valence electrons. The van der Waals surface area contributed by atoms with Crippen molar-refractivity contribution in [2.45, 2.75) is 0 Å². The molecule has 0 unspecified atom stereocenters. The average molecular weight is 350 g/mol. The van der Waals surface area contributed by atoms with Gasteiger partial charge in [0.25, 0.3) is 11.5 Å². The van der Waals surface area contributed by atoms with Gasteiger partial charge in [0.05, 0.1) is 7.11 Å². The fourth-order valence-electron chi connectivity index (χ4n) is 2.51. The number of rotatable bonds is 8. The molecule has 1 heterocycles. The van der Waals surface area contributed by atoms with Crippen molar-refractivity contribution in [3.05, 3.63) is 89.9 Å². The highest BCUT2D eigenvalue weighted by Gasteiger charge is 2.19. The maximum absolute atomic E-state index is 13.1. The van der Waals surface area contributed by atoms with E-state index in [2.05, 4.69) is 13.2 Å². The van der Waals surface area contributed by atoms with Crippen molar-refractivity contribution in [3.8, 4) is 5.75 Å². The van der Waals surface area contributed by atoms with Crippen LogP contribution in [0.3, 0.4) is 0 Å². The molecule has 0 atom stereocenters. The summed E-state index contributed by atoms with van der Waals surface area (Å²) in [7, 11) is 1.56. The van der Waals surface area contributed by atoms with Gasteiger partial charge in [0.2, 0.25) is 0 Å². The normalized spacial score (nSPS) is 10.9.